The van der Waals surface area contributed by atoms with Gasteiger partial charge in [-0.3, -0.25) is 9.59 Å². The number of ketones is 1. The van der Waals surface area contributed by atoms with Crippen LogP contribution in [0.4, 0.5) is 0 Å². The van der Waals surface area contributed by atoms with Crippen LogP contribution in [-0.4, -0.2) is 30.8 Å². The lowest BCUT2D eigenvalue weighted by atomic mass is 9.98. The van der Waals surface area contributed by atoms with Gasteiger partial charge < -0.3 is 10.1 Å². The minimum absolute atomic E-state index is 0.149. The third-order valence-corrected chi connectivity index (χ3v) is 3.61. The Morgan fingerprint density at radius 2 is 1.60 bits per heavy atom. The normalized spacial score (nSPS) is 10.2. The van der Waals surface area contributed by atoms with E-state index >= 15 is 0 Å². The van der Waals surface area contributed by atoms with Crippen molar-refractivity contribution in [3.8, 4) is 0 Å². The van der Waals surface area contributed by atoms with Crippen LogP contribution in [0, 0.1) is 6.92 Å². The number of amides is 1. The van der Waals surface area contributed by atoms with E-state index in [2.05, 4.69) is 5.32 Å². The highest BCUT2D eigenvalue weighted by Crippen LogP contribution is 2.16. The maximum Gasteiger partial charge on any atom is 0.339 e. The van der Waals surface area contributed by atoms with E-state index in [9.17, 15) is 14.4 Å². The maximum absolute atomic E-state index is 12.7. The van der Waals surface area contributed by atoms with Crippen molar-refractivity contribution in [3.05, 3.63) is 70.8 Å². The molecule has 5 heteroatoms. The van der Waals surface area contributed by atoms with Crippen molar-refractivity contribution in [2.45, 2.75) is 20.3 Å². The Morgan fingerprint density at radius 1 is 0.960 bits per heavy atom. The van der Waals surface area contributed by atoms with Crippen molar-refractivity contribution < 1.29 is 19.1 Å². The van der Waals surface area contributed by atoms with Crippen molar-refractivity contribution in [1.82, 2.24) is 5.32 Å². The van der Waals surface area contributed by atoms with Crippen LogP contribution >= 0.6 is 0 Å². The van der Waals surface area contributed by atoms with E-state index in [4.69, 9.17) is 4.74 Å². The van der Waals surface area contributed by atoms with Crippen molar-refractivity contribution in [3.63, 3.8) is 0 Å². The summed E-state index contributed by atoms with van der Waals surface area (Å²) in [5.41, 5.74) is 1.94. The molecule has 0 unspecified atom stereocenters. The predicted molar refractivity (Wildman–Crippen MR) is 94.6 cm³/mol. The Bertz CT molecular complexity index is 766. The van der Waals surface area contributed by atoms with Gasteiger partial charge in [0.2, 0.25) is 0 Å². The molecular weight excluding hydrogens is 318 g/mol. The van der Waals surface area contributed by atoms with Crippen molar-refractivity contribution in [2.75, 3.05) is 13.2 Å². The van der Waals surface area contributed by atoms with Gasteiger partial charge in [0.25, 0.3) is 5.91 Å². The smallest absolute Gasteiger partial charge is 0.339 e. The molecule has 0 aliphatic heterocycles. The molecule has 2 rings (SSSR count). The summed E-state index contributed by atoms with van der Waals surface area (Å²) in [5, 5.41) is 2.62. The molecule has 0 fully saturated rings. The van der Waals surface area contributed by atoms with Crippen LogP contribution in [0.1, 0.15) is 45.2 Å². The topological polar surface area (TPSA) is 72.5 Å². The molecule has 0 aliphatic carbocycles. The SMILES string of the molecule is CCCNC(=O)COC(=O)c1ccccc1C(=O)c1ccc(C)cc1. The number of benzene rings is 2. The quantitative estimate of drug-likeness (QED) is 0.622. The summed E-state index contributed by atoms with van der Waals surface area (Å²) in [6.45, 7) is 4.02. The predicted octanol–water partition coefficient (Wildman–Crippen LogP) is 2.91. The van der Waals surface area contributed by atoms with Crippen LogP contribution in [-0.2, 0) is 9.53 Å². The average molecular weight is 339 g/mol. The standard InChI is InChI=1S/C20H21NO4/c1-3-12-21-18(22)13-25-20(24)17-7-5-4-6-16(17)19(23)15-10-8-14(2)9-11-15/h4-11H,3,12-13H2,1-2H3,(H,21,22). The molecule has 1 N–H and O–H groups in total. The first-order valence-corrected chi connectivity index (χ1v) is 8.17. The molecule has 0 spiro atoms. The number of esters is 1. The minimum atomic E-state index is -0.692. The molecule has 0 radical (unpaired) electrons. The molecule has 1 amide bonds. The minimum Gasteiger partial charge on any atom is -0.452 e. The van der Waals surface area contributed by atoms with Crippen LogP contribution in [0.15, 0.2) is 48.5 Å². The molecule has 5 nitrogen and oxygen atoms in total. The number of ether oxygens (including phenoxy) is 1. The number of rotatable bonds is 7. The monoisotopic (exact) mass is 339 g/mol. The molecule has 130 valence electrons. The van der Waals surface area contributed by atoms with Crippen LogP contribution in [0.25, 0.3) is 0 Å². The van der Waals surface area contributed by atoms with E-state index in [0.717, 1.165) is 12.0 Å². The van der Waals surface area contributed by atoms with Crippen LogP contribution in [0.3, 0.4) is 0 Å². The summed E-state index contributed by atoms with van der Waals surface area (Å²) in [4.78, 5) is 36.5. The molecule has 25 heavy (non-hydrogen) atoms. The van der Waals surface area contributed by atoms with Gasteiger partial charge in [0.05, 0.1) is 5.56 Å². The molecule has 2 aromatic carbocycles. The first-order valence-electron chi connectivity index (χ1n) is 8.17. The van der Waals surface area contributed by atoms with Gasteiger partial charge in [-0.2, -0.15) is 0 Å². The van der Waals surface area contributed by atoms with Gasteiger partial charge in [-0.1, -0.05) is 55.0 Å². The Labute approximate surface area is 147 Å². The largest absolute Gasteiger partial charge is 0.452 e. The van der Waals surface area contributed by atoms with Gasteiger partial charge in [-0.05, 0) is 19.4 Å². The fourth-order valence-electron chi connectivity index (χ4n) is 2.24. The first-order chi connectivity index (χ1) is 12.0. The summed E-state index contributed by atoms with van der Waals surface area (Å²) in [6, 6.07) is 13.6. The van der Waals surface area contributed by atoms with Gasteiger partial charge in [0.15, 0.2) is 12.4 Å². The van der Waals surface area contributed by atoms with E-state index in [1.807, 2.05) is 26.0 Å². The van der Waals surface area contributed by atoms with E-state index in [-0.39, 0.29) is 29.4 Å². The van der Waals surface area contributed by atoms with Crippen molar-refractivity contribution in [1.29, 1.82) is 0 Å². The van der Waals surface area contributed by atoms with Crippen molar-refractivity contribution >= 4 is 17.7 Å². The number of carbonyl (C=O) groups excluding carboxylic acids is 3. The second kappa shape index (κ2) is 8.78. The third-order valence-electron chi connectivity index (χ3n) is 3.61. The average Bonchev–Trinajstić information content (AvgIpc) is 2.64. The van der Waals surface area contributed by atoms with Gasteiger partial charge in [-0.25, -0.2) is 4.79 Å². The number of nitrogens with one attached hydrogen (secondary N) is 1. The molecule has 0 aromatic heterocycles. The fourth-order valence-corrected chi connectivity index (χ4v) is 2.24. The van der Waals surface area contributed by atoms with Gasteiger partial charge in [0.1, 0.15) is 0 Å². The van der Waals surface area contributed by atoms with E-state index in [1.165, 1.54) is 6.07 Å². The number of carbonyl (C=O) groups is 3. The molecule has 2 aromatic rings. The van der Waals surface area contributed by atoms with Crippen LogP contribution in [0.5, 0.6) is 0 Å². The summed E-state index contributed by atoms with van der Waals surface area (Å²) >= 11 is 0. The maximum atomic E-state index is 12.7. The van der Waals surface area contributed by atoms with Gasteiger partial charge in [-0.15, -0.1) is 0 Å². The highest BCUT2D eigenvalue weighted by atomic mass is 16.5. The molecule has 0 saturated heterocycles. The Balaban J connectivity index is 2.14. The van der Waals surface area contributed by atoms with E-state index in [0.29, 0.717) is 12.1 Å². The first kappa shape index (κ1) is 18.4. The van der Waals surface area contributed by atoms with Gasteiger partial charge >= 0.3 is 5.97 Å². The molecular formula is C20H21NO4. The number of aryl methyl sites for hydroxylation is 1. The number of hydrogen-bond donors (Lipinski definition) is 1. The highest BCUT2D eigenvalue weighted by molar-refractivity contribution is 6.14. The molecule has 0 bridgehead atoms. The summed E-state index contributed by atoms with van der Waals surface area (Å²) in [6.07, 6.45) is 0.799. The summed E-state index contributed by atoms with van der Waals surface area (Å²) in [5.74, 6) is -1.32. The lowest BCUT2D eigenvalue weighted by molar-refractivity contribution is -0.124. The van der Waals surface area contributed by atoms with E-state index < -0.39 is 5.97 Å². The second-order valence-corrected chi connectivity index (χ2v) is 5.67. The Hall–Kier alpha value is -2.95. The third kappa shape index (κ3) is 5.01. The molecule has 0 saturated carbocycles. The Morgan fingerprint density at radius 3 is 2.24 bits per heavy atom. The summed E-state index contributed by atoms with van der Waals surface area (Å²) < 4.78 is 5.03. The highest BCUT2D eigenvalue weighted by Gasteiger charge is 2.19. The van der Waals surface area contributed by atoms with E-state index in [1.54, 1.807) is 30.3 Å². The zero-order valence-electron chi connectivity index (χ0n) is 14.4. The van der Waals surface area contributed by atoms with Crippen LogP contribution < -0.4 is 5.32 Å². The number of hydrogen-bond acceptors (Lipinski definition) is 4. The Kier molecular flexibility index (Phi) is 6.46. The lowest BCUT2D eigenvalue weighted by Crippen LogP contribution is -2.29. The zero-order chi connectivity index (χ0) is 18.2. The molecule has 0 atom stereocenters. The second-order valence-electron chi connectivity index (χ2n) is 5.67. The van der Waals surface area contributed by atoms with Crippen LogP contribution in [0.2, 0.25) is 0 Å². The summed E-state index contributed by atoms with van der Waals surface area (Å²) in [7, 11) is 0. The fraction of sp³-hybridized carbons (Fsp3) is 0.250. The molecule has 0 heterocycles. The zero-order valence-corrected chi connectivity index (χ0v) is 14.4. The molecule has 0 aliphatic rings. The lowest BCUT2D eigenvalue weighted by Gasteiger charge is -2.09. The van der Waals surface area contributed by atoms with Gasteiger partial charge in [0, 0.05) is 17.7 Å². The van der Waals surface area contributed by atoms with Crippen molar-refractivity contribution in [2.24, 2.45) is 0 Å².